The number of hydrogen-bond donors (Lipinski definition) is 0. The Morgan fingerprint density at radius 2 is 1.83 bits per heavy atom. The maximum Gasteiger partial charge on any atom is 0.416 e. The molecule has 152 valence electrons. The number of aryl methyl sites for hydroxylation is 1. The zero-order valence-electron chi connectivity index (χ0n) is 16.8. The van der Waals surface area contributed by atoms with E-state index in [9.17, 15) is 9.59 Å². The number of amides is 2. The lowest BCUT2D eigenvalue weighted by molar-refractivity contribution is -0.134. The molecule has 0 N–H and O–H groups in total. The molecule has 0 radical (unpaired) electrons. The molecule has 0 bridgehead atoms. The molecule has 0 saturated carbocycles. The third kappa shape index (κ3) is 3.72. The average Bonchev–Trinajstić information content (AvgIpc) is 3.33. The summed E-state index contributed by atoms with van der Waals surface area (Å²) in [4.78, 5) is 33.2. The summed E-state index contributed by atoms with van der Waals surface area (Å²) in [6.45, 7) is 4.64. The maximum atomic E-state index is 13.5. The number of hydrogen-bond acceptors (Lipinski definition) is 5. The molecule has 0 aromatic heterocycles. The van der Waals surface area contributed by atoms with Gasteiger partial charge in [0.2, 0.25) is 5.91 Å². The molecule has 4 rings (SSSR count). The number of anilines is 1. The first-order chi connectivity index (χ1) is 14.1. The van der Waals surface area contributed by atoms with Crippen LogP contribution in [-0.4, -0.2) is 36.2 Å². The highest BCUT2D eigenvalue weighted by Gasteiger charge is 2.51. The molecular weight excluding hydrogens is 368 g/mol. The van der Waals surface area contributed by atoms with E-state index in [4.69, 9.17) is 9.57 Å². The number of rotatable bonds is 5. The number of cyclic esters (lactones) is 1. The van der Waals surface area contributed by atoms with Crippen molar-refractivity contribution < 1.29 is 19.2 Å². The van der Waals surface area contributed by atoms with Gasteiger partial charge in [0.1, 0.15) is 6.61 Å². The van der Waals surface area contributed by atoms with E-state index in [1.807, 2.05) is 66.6 Å². The number of imide groups is 1. The summed E-state index contributed by atoms with van der Waals surface area (Å²) in [7, 11) is 0. The van der Waals surface area contributed by atoms with Crippen LogP contribution in [0, 0.1) is 12.8 Å². The van der Waals surface area contributed by atoms with Gasteiger partial charge >= 0.3 is 6.09 Å². The summed E-state index contributed by atoms with van der Waals surface area (Å²) in [5.74, 6) is -0.724. The Balaban J connectivity index is 1.77. The Labute approximate surface area is 171 Å². The fourth-order valence-corrected chi connectivity index (χ4v) is 4.11. The van der Waals surface area contributed by atoms with E-state index < -0.39 is 12.0 Å². The van der Waals surface area contributed by atoms with Crippen molar-refractivity contribution in [1.29, 1.82) is 0 Å². The van der Waals surface area contributed by atoms with Gasteiger partial charge in [-0.15, -0.1) is 0 Å². The van der Waals surface area contributed by atoms with Gasteiger partial charge in [0.05, 0.1) is 30.3 Å². The first-order valence-electron chi connectivity index (χ1n) is 10.2. The Bertz CT molecular complexity index is 868. The van der Waals surface area contributed by atoms with Gasteiger partial charge in [0.25, 0.3) is 0 Å². The highest BCUT2D eigenvalue weighted by atomic mass is 16.7. The van der Waals surface area contributed by atoms with Crippen LogP contribution in [0.4, 0.5) is 10.5 Å². The lowest BCUT2D eigenvalue weighted by Gasteiger charge is -2.28. The van der Waals surface area contributed by atoms with E-state index in [2.05, 4.69) is 6.92 Å². The minimum absolute atomic E-state index is 0.227. The third-order valence-corrected chi connectivity index (χ3v) is 5.56. The van der Waals surface area contributed by atoms with Crippen LogP contribution in [-0.2, 0) is 14.4 Å². The van der Waals surface area contributed by atoms with Crippen molar-refractivity contribution in [2.75, 3.05) is 18.2 Å². The molecule has 2 fully saturated rings. The van der Waals surface area contributed by atoms with Gasteiger partial charge in [-0.05, 0) is 31.0 Å². The highest BCUT2D eigenvalue weighted by molar-refractivity contribution is 5.95. The van der Waals surface area contributed by atoms with Crippen molar-refractivity contribution in [2.45, 2.75) is 38.8 Å². The molecule has 6 nitrogen and oxygen atoms in total. The van der Waals surface area contributed by atoms with Crippen molar-refractivity contribution in [2.24, 2.45) is 5.92 Å². The highest BCUT2D eigenvalue weighted by Crippen LogP contribution is 2.44. The van der Waals surface area contributed by atoms with Crippen molar-refractivity contribution in [3.05, 3.63) is 65.7 Å². The van der Waals surface area contributed by atoms with Crippen LogP contribution in [0.25, 0.3) is 0 Å². The number of benzene rings is 2. The van der Waals surface area contributed by atoms with Gasteiger partial charge in [-0.1, -0.05) is 61.4 Å². The van der Waals surface area contributed by atoms with Crippen molar-refractivity contribution in [3.8, 4) is 0 Å². The molecule has 0 spiro atoms. The monoisotopic (exact) mass is 394 g/mol. The Morgan fingerprint density at radius 3 is 2.45 bits per heavy atom. The second-order valence-corrected chi connectivity index (χ2v) is 7.58. The number of hydroxylamine groups is 1. The van der Waals surface area contributed by atoms with E-state index in [1.165, 1.54) is 4.90 Å². The molecule has 2 aromatic rings. The van der Waals surface area contributed by atoms with Crippen LogP contribution in [0.5, 0.6) is 0 Å². The molecule has 0 unspecified atom stereocenters. The van der Waals surface area contributed by atoms with Gasteiger partial charge < -0.3 is 4.74 Å². The van der Waals surface area contributed by atoms with E-state index in [1.54, 1.807) is 0 Å². The minimum atomic E-state index is -0.564. The fraction of sp³-hybridized carbons (Fsp3) is 0.391. The van der Waals surface area contributed by atoms with Crippen molar-refractivity contribution in [3.63, 3.8) is 0 Å². The van der Waals surface area contributed by atoms with Crippen LogP contribution in [0.3, 0.4) is 0 Å². The van der Waals surface area contributed by atoms with Crippen molar-refractivity contribution >= 4 is 17.7 Å². The normalized spacial score (nSPS) is 24.1. The first kappa shape index (κ1) is 19.5. The molecule has 3 atom stereocenters. The third-order valence-electron chi connectivity index (χ3n) is 5.56. The molecule has 2 saturated heterocycles. The lowest BCUT2D eigenvalue weighted by Crippen LogP contribution is -2.42. The first-order valence-corrected chi connectivity index (χ1v) is 10.2. The molecule has 2 aliphatic heterocycles. The van der Waals surface area contributed by atoms with E-state index in [0.717, 1.165) is 29.7 Å². The zero-order chi connectivity index (χ0) is 20.4. The molecule has 2 aliphatic rings. The quantitative estimate of drug-likeness (QED) is 0.759. The summed E-state index contributed by atoms with van der Waals surface area (Å²) in [5, 5.41) is 1.84. The fourth-order valence-electron chi connectivity index (χ4n) is 4.11. The molecule has 6 heteroatoms. The summed E-state index contributed by atoms with van der Waals surface area (Å²) in [5.41, 5.74) is 3.03. The summed E-state index contributed by atoms with van der Waals surface area (Å²) in [6, 6.07) is 17.6. The topological polar surface area (TPSA) is 59.1 Å². The van der Waals surface area contributed by atoms with E-state index in [-0.39, 0.29) is 24.7 Å². The molecule has 2 heterocycles. The molecule has 0 aliphatic carbocycles. The predicted octanol–water partition coefficient (Wildman–Crippen LogP) is 4.25. The van der Waals surface area contributed by atoms with Crippen LogP contribution in [0.15, 0.2) is 54.6 Å². The number of ether oxygens (including phenoxy) is 1. The maximum absolute atomic E-state index is 13.5. The second kappa shape index (κ2) is 8.25. The van der Waals surface area contributed by atoms with Gasteiger partial charge in [0.15, 0.2) is 0 Å². The second-order valence-electron chi connectivity index (χ2n) is 7.58. The molecule has 2 aromatic carbocycles. The van der Waals surface area contributed by atoms with Gasteiger partial charge in [-0.25, -0.2) is 14.8 Å². The summed E-state index contributed by atoms with van der Waals surface area (Å²) >= 11 is 0. The minimum Gasteiger partial charge on any atom is -0.447 e. The molecular formula is C23H26N2O4. The summed E-state index contributed by atoms with van der Waals surface area (Å²) < 4.78 is 5.02. The predicted molar refractivity (Wildman–Crippen MR) is 109 cm³/mol. The van der Waals surface area contributed by atoms with Gasteiger partial charge in [-0.3, -0.25) is 9.63 Å². The number of carbonyl (C=O) groups is 2. The SMILES string of the molecule is CCC[C@@H]1ON(c2ccccc2)[C@H](c2ccc(C)cc2)[C@H]1C(=O)N1CCOC1=O. The Hall–Kier alpha value is -2.86. The largest absolute Gasteiger partial charge is 0.447 e. The van der Waals surface area contributed by atoms with Crippen LogP contribution in [0.1, 0.15) is 36.9 Å². The van der Waals surface area contributed by atoms with Gasteiger partial charge in [0, 0.05) is 0 Å². The summed E-state index contributed by atoms with van der Waals surface area (Å²) in [6.07, 6.45) is 0.728. The zero-order valence-corrected chi connectivity index (χ0v) is 16.8. The lowest BCUT2D eigenvalue weighted by atomic mass is 9.86. The van der Waals surface area contributed by atoms with Gasteiger partial charge in [-0.2, -0.15) is 0 Å². The van der Waals surface area contributed by atoms with E-state index in [0.29, 0.717) is 6.54 Å². The molecule has 29 heavy (non-hydrogen) atoms. The van der Waals surface area contributed by atoms with Crippen molar-refractivity contribution in [1.82, 2.24) is 4.90 Å². The van der Waals surface area contributed by atoms with E-state index >= 15 is 0 Å². The number of para-hydroxylation sites is 1. The van der Waals surface area contributed by atoms with Crippen LogP contribution < -0.4 is 5.06 Å². The standard InChI is InChI=1S/C23H26N2O4/c1-3-7-19-20(22(26)24-14-15-28-23(24)27)21(17-12-10-16(2)11-13-17)25(29-19)18-8-5-4-6-9-18/h4-6,8-13,19-21H,3,7,14-15H2,1-2H3/t19-,20-,21+/m0/s1. The average molecular weight is 394 g/mol. The van der Waals surface area contributed by atoms with Crippen LogP contribution >= 0.6 is 0 Å². The Kier molecular flexibility index (Phi) is 5.53. The number of nitrogens with zero attached hydrogens (tertiary/aromatic N) is 2. The smallest absolute Gasteiger partial charge is 0.416 e. The molecule has 2 amide bonds. The van der Waals surface area contributed by atoms with Crippen LogP contribution in [0.2, 0.25) is 0 Å². The Morgan fingerprint density at radius 1 is 1.10 bits per heavy atom. The number of carbonyl (C=O) groups excluding carboxylic acids is 2.